The van der Waals surface area contributed by atoms with Gasteiger partial charge in [-0.25, -0.2) is 9.59 Å². The van der Waals surface area contributed by atoms with E-state index in [0.29, 0.717) is 19.4 Å². The maximum absolute atomic E-state index is 13.0. The lowest BCUT2D eigenvalue weighted by Crippen LogP contribution is -2.53. The molecule has 0 aromatic heterocycles. The van der Waals surface area contributed by atoms with Gasteiger partial charge in [0.15, 0.2) is 0 Å². The Kier molecular flexibility index (Phi) is 13.9. The zero-order valence-electron chi connectivity index (χ0n) is 25.5. The van der Waals surface area contributed by atoms with Gasteiger partial charge in [0.05, 0.1) is 6.42 Å². The number of amides is 3. The van der Waals surface area contributed by atoms with Gasteiger partial charge in [0.2, 0.25) is 5.91 Å². The van der Waals surface area contributed by atoms with Gasteiger partial charge in [-0.05, 0) is 107 Å². The second-order valence-electron chi connectivity index (χ2n) is 13.0. The number of benzene rings is 1. The van der Waals surface area contributed by atoms with Crippen LogP contribution in [-0.4, -0.2) is 53.7 Å². The number of rotatable bonds is 12. The zero-order chi connectivity index (χ0) is 30.7. The van der Waals surface area contributed by atoms with Gasteiger partial charge in [-0.2, -0.15) is 0 Å². The lowest BCUT2D eigenvalue weighted by molar-refractivity contribution is -0.157. The van der Waals surface area contributed by atoms with E-state index in [2.05, 4.69) is 38.5 Å². The van der Waals surface area contributed by atoms with E-state index in [0.717, 1.165) is 9.13 Å². The van der Waals surface area contributed by atoms with Gasteiger partial charge >= 0.3 is 18.0 Å². The van der Waals surface area contributed by atoms with Crippen molar-refractivity contribution in [3.63, 3.8) is 0 Å². The first-order valence-corrected chi connectivity index (χ1v) is 14.9. The summed E-state index contributed by atoms with van der Waals surface area (Å²) in [6.07, 6.45) is 1.55. The summed E-state index contributed by atoms with van der Waals surface area (Å²) in [7, 11) is 0. The zero-order valence-corrected chi connectivity index (χ0v) is 27.7. The molecule has 0 aliphatic heterocycles. The minimum Gasteiger partial charge on any atom is -0.460 e. The summed E-state index contributed by atoms with van der Waals surface area (Å²) in [4.78, 5) is 50.5. The second kappa shape index (κ2) is 15.6. The van der Waals surface area contributed by atoms with Crippen molar-refractivity contribution >= 4 is 46.5 Å². The second-order valence-corrected chi connectivity index (χ2v) is 14.3. The van der Waals surface area contributed by atoms with E-state index in [-0.39, 0.29) is 42.6 Å². The van der Waals surface area contributed by atoms with Crippen molar-refractivity contribution < 1.29 is 28.7 Å². The fourth-order valence-corrected chi connectivity index (χ4v) is 4.10. The molecule has 3 N–H and O–H groups in total. The van der Waals surface area contributed by atoms with Crippen LogP contribution in [0, 0.1) is 8.99 Å². The molecule has 2 atom stereocenters. The molecule has 9 nitrogen and oxygen atoms in total. The Labute approximate surface area is 253 Å². The molecule has 0 aliphatic carbocycles. The van der Waals surface area contributed by atoms with Gasteiger partial charge < -0.3 is 25.4 Å². The third kappa shape index (κ3) is 16.0. The van der Waals surface area contributed by atoms with E-state index >= 15 is 0 Å². The highest BCUT2D eigenvalue weighted by Gasteiger charge is 2.31. The van der Waals surface area contributed by atoms with Crippen LogP contribution in [0.15, 0.2) is 24.3 Å². The van der Waals surface area contributed by atoms with Crippen LogP contribution in [0.3, 0.4) is 0 Å². The highest BCUT2D eigenvalue weighted by Crippen LogP contribution is 2.24. The smallest absolute Gasteiger partial charge is 0.329 e. The molecule has 0 radical (unpaired) electrons. The molecule has 0 fully saturated rings. The molecule has 0 aliphatic rings. The van der Waals surface area contributed by atoms with Crippen molar-refractivity contribution in [3.05, 3.63) is 33.4 Å². The molecule has 0 spiro atoms. The molecule has 1 aromatic rings. The minimum atomic E-state index is -0.904. The summed E-state index contributed by atoms with van der Waals surface area (Å²) in [6.45, 7) is 17.0. The number of nitrogens with one attached hydrogen (secondary N) is 3. The molecule has 3 amide bonds. The minimum absolute atomic E-state index is 0.112. The molecule has 10 heteroatoms. The molecule has 0 heterocycles. The first-order chi connectivity index (χ1) is 18.2. The van der Waals surface area contributed by atoms with Crippen molar-refractivity contribution in [2.24, 2.45) is 5.41 Å². The van der Waals surface area contributed by atoms with Gasteiger partial charge in [0.1, 0.15) is 17.2 Å². The number of ether oxygens (including phenoxy) is 2. The maximum Gasteiger partial charge on any atom is 0.329 e. The van der Waals surface area contributed by atoms with E-state index in [1.807, 2.05) is 65.8 Å². The third-order valence-corrected chi connectivity index (χ3v) is 6.39. The fourth-order valence-electron chi connectivity index (χ4n) is 3.74. The summed E-state index contributed by atoms with van der Waals surface area (Å²) < 4.78 is 12.0. The predicted octanol–water partition coefficient (Wildman–Crippen LogP) is 5.28. The fraction of sp³-hybridized carbons (Fsp3) is 0.667. The van der Waals surface area contributed by atoms with Gasteiger partial charge in [0.25, 0.3) is 0 Å². The van der Waals surface area contributed by atoms with Crippen molar-refractivity contribution in [2.45, 2.75) is 118 Å². The number of hydrogen-bond acceptors (Lipinski definition) is 6. The van der Waals surface area contributed by atoms with Crippen LogP contribution in [0.4, 0.5) is 4.79 Å². The molecule has 2 unspecified atom stereocenters. The van der Waals surface area contributed by atoms with Gasteiger partial charge in [0, 0.05) is 22.6 Å². The Bertz CT molecular complexity index is 991. The average molecular weight is 674 g/mol. The van der Waals surface area contributed by atoms with Crippen molar-refractivity contribution in [3.8, 4) is 0 Å². The standard InChI is InChI=1S/C30H48IN3O6/c1-28(2,3)23(16-17-25(36)39-29(4,5)6)34-27(38)33-22(26(37)40-30(7,8)9)11-10-18-32-24(35)19-20-12-14-21(31)15-13-20/h12-15,22-23H,10-11,16-19H2,1-9H3,(H,32,35)(H2,33,34,38). The highest BCUT2D eigenvalue weighted by molar-refractivity contribution is 14.1. The number of carbonyl (C=O) groups excluding carboxylic acids is 4. The van der Waals surface area contributed by atoms with Crippen LogP contribution in [0.2, 0.25) is 0 Å². The quantitative estimate of drug-likeness (QED) is 0.158. The normalized spacial score (nSPS) is 13.6. The van der Waals surface area contributed by atoms with E-state index in [1.54, 1.807) is 20.8 Å². The lowest BCUT2D eigenvalue weighted by atomic mass is 9.84. The van der Waals surface area contributed by atoms with E-state index in [1.165, 1.54) is 0 Å². The SMILES string of the molecule is CC(C)(C)OC(=O)CCC(NC(=O)NC(CCCNC(=O)Cc1ccc(I)cc1)C(=O)OC(C)(C)C)C(C)(C)C. The summed E-state index contributed by atoms with van der Waals surface area (Å²) in [6, 6.07) is 5.96. The molecule has 0 saturated carbocycles. The summed E-state index contributed by atoms with van der Waals surface area (Å²) in [5.41, 5.74) is -0.735. The third-order valence-electron chi connectivity index (χ3n) is 5.67. The Hall–Kier alpha value is -2.37. The number of halogens is 1. The Morgan fingerprint density at radius 3 is 1.93 bits per heavy atom. The van der Waals surface area contributed by atoms with E-state index in [4.69, 9.17) is 9.47 Å². The predicted molar refractivity (Wildman–Crippen MR) is 165 cm³/mol. The topological polar surface area (TPSA) is 123 Å². The van der Waals surface area contributed by atoms with Crippen LogP contribution in [0.25, 0.3) is 0 Å². The average Bonchev–Trinajstić information content (AvgIpc) is 2.77. The number of esters is 2. The number of urea groups is 1. The Morgan fingerprint density at radius 2 is 1.40 bits per heavy atom. The van der Waals surface area contributed by atoms with Crippen molar-refractivity contribution in [2.75, 3.05) is 6.54 Å². The van der Waals surface area contributed by atoms with Crippen molar-refractivity contribution in [1.29, 1.82) is 0 Å². The molecular weight excluding hydrogens is 625 g/mol. The largest absolute Gasteiger partial charge is 0.460 e. The summed E-state index contributed by atoms with van der Waals surface area (Å²) in [5, 5.41) is 8.55. The monoisotopic (exact) mass is 673 g/mol. The number of carbonyl (C=O) groups is 4. The molecule has 0 saturated heterocycles. The van der Waals surface area contributed by atoms with Crippen LogP contribution in [0.1, 0.15) is 93.6 Å². The first kappa shape index (κ1) is 35.7. The molecule has 0 bridgehead atoms. The van der Waals surface area contributed by atoms with Crippen LogP contribution >= 0.6 is 22.6 Å². The molecule has 1 rings (SSSR count). The Morgan fingerprint density at radius 1 is 0.825 bits per heavy atom. The molecule has 1 aromatic carbocycles. The number of hydrogen-bond donors (Lipinski definition) is 3. The summed E-state index contributed by atoms with van der Waals surface area (Å²) in [5.74, 6) is -0.993. The van der Waals surface area contributed by atoms with Crippen molar-refractivity contribution in [1.82, 2.24) is 16.0 Å². The molecule has 226 valence electrons. The van der Waals surface area contributed by atoms with E-state index < -0.39 is 29.2 Å². The van der Waals surface area contributed by atoms with E-state index in [9.17, 15) is 19.2 Å². The lowest BCUT2D eigenvalue weighted by Gasteiger charge is -2.32. The van der Waals surface area contributed by atoms with Gasteiger partial charge in [-0.1, -0.05) is 32.9 Å². The maximum atomic E-state index is 13.0. The van der Waals surface area contributed by atoms with Gasteiger partial charge in [-0.15, -0.1) is 0 Å². The first-order valence-electron chi connectivity index (χ1n) is 13.8. The molecule has 40 heavy (non-hydrogen) atoms. The summed E-state index contributed by atoms with van der Waals surface area (Å²) >= 11 is 2.21. The van der Waals surface area contributed by atoms with Crippen LogP contribution < -0.4 is 16.0 Å². The Balaban J connectivity index is 2.75. The highest BCUT2D eigenvalue weighted by atomic mass is 127. The van der Waals surface area contributed by atoms with Gasteiger partial charge in [-0.3, -0.25) is 9.59 Å². The van der Waals surface area contributed by atoms with Crippen LogP contribution in [0.5, 0.6) is 0 Å². The van der Waals surface area contributed by atoms with Crippen LogP contribution in [-0.2, 0) is 30.3 Å². The molecular formula is C30H48IN3O6.